The fraction of sp³-hybridized carbons (Fsp3) is 0.167. The lowest BCUT2D eigenvalue weighted by Gasteiger charge is -2.10. The number of alkyl halides is 3. The number of hydrogen-bond acceptors (Lipinski definition) is 5. The van der Waals surface area contributed by atoms with Crippen molar-refractivity contribution in [3.63, 3.8) is 0 Å². The number of anilines is 1. The van der Waals surface area contributed by atoms with Crippen LogP contribution in [0.3, 0.4) is 0 Å². The van der Waals surface area contributed by atoms with Gasteiger partial charge in [-0.3, -0.25) is 9.48 Å². The quantitative estimate of drug-likeness (QED) is 0.284. The number of aromatic nitrogens is 5. The summed E-state index contributed by atoms with van der Waals surface area (Å²) in [6, 6.07) is 13.1. The van der Waals surface area contributed by atoms with Gasteiger partial charge in [-0.05, 0) is 36.2 Å². The highest BCUT2D eigenvalue weighted by molar-refractivity contribution is 7.15. The van der Waals surface area contributed by atoms with Gasteiger partial charge >= 0.3 is 6.18 Å². The molecule has 0 saturated heterocycles. The predicted octanol–water partition coefficient (Wildman–Crippen LogP) is 6.19. The van der Waals surface area contributed by atoms with Crippen LogP contribution in [0, 0.1) is 0 Å². The molecule has 5 aromatic rings. The molecule has 12 heteroatoms. The van der Waals surface area contributed by atoms with E-state index in [0.29, 0.717) is 26.6 Å². The van der Waals surface area contributed by atoms with Crippen molar-refractivity contribution in [3.05, 3.63) is 87.8 Å². The number of halogens is 4. The number of benzene rings is 1. The molecule has 0 aliphatic heterocycles. The maximum Gasteiger partial charge on any atom is 0.433 e. The molecule has 0 aliphatic rings. The summed E-state index contributed by atoms with van der Waals surface area (Å²) in [4.78, 5) is 18.8. The number of amides is 1. The van der Waals surface area contributed by atoms with Crippen molar-refractivity contribution in [1.29, 1.82) is 0 Å². The van der Waals surface area contributed by atoms with Gasteiger partial charge in [0, 0.05) is 22.2 Å². The van der Waals surface area contributed by atoms with Gasteiger partial charge in [-0.15, -0.1) is 11.3 Å². The van der Waals surface area contributed by atoms with E-state index in [0.717, 1.165) is 22.9 Å². The van der Waals surface area contributed by atoms with Crippen molar-refractivity contribution in [2.75, 3.05) is 5.32 Å². The third-order valence-electron chi connectivity index (χ3n) is 5.39. The molecule has 0 atom stereocenters. The van der Waals surface area contributed by atoms with Crippen LogP contribution in [0.25, 0.3) is 16.2 Å². The van der Waals surface area contributed by atoms with Crippen LogP contribution >= 0.6 is 22.9 Å². The lowest BCUT2D eigenvalue weighted by molar-refractivity contribution is -0.142. The molecule has 1 amide bonds. The van der Waals surface area contributed by atoms with Gasteiger partial charge in [-0.1, -0.05) is 36.7 Å². The van der Waals surface area contributed by atoms with Crippen molar-refractivity contribution in [2.45, 2.75) is 26.1 Å². The Hall–Kier alpha value is -3.70. The number of aryl methyl sites for hydroxylation is 1. The van der Waals surface area contributed by atoms with E-state index in [9.17, 15) is 18.0 Å². The van der Waals surface area contributed by atoms with Crippen molar-refractivity contribution in [2.24, 2.45) is 0 Å². The standard InChI is InChI=1S/C24H18ClF3N6OS/c1-2-16-7-8-20(36-16)18-9-21(24(26,27)28)34-22(31-18)10-19(32-34)23(35)30-15-11-29-33(13-15)12-14-5-3-4-6-17(14)25/h3-11,13H,2,12H2,1H3,(H,30,35). The minimum absolute atomic E-state index is 0.0779. The summed E-state index contributed by atoms with van der Waals surface area (Å²) in [6.07, 6.45) is -0.897. The molecule has 1 N–H and O–H groups in total. The second-order valence-corrected chi connectivity index (χ2v) is 9.49. The third kappa shape index (κ3) is 4.84. The molecule has 0 unspecified atom stereocenters. The molecule has 0 spiro atoms. The number of thiophene rings is 1. The first kappa shape index (κ1) is 24.0. The molecule has 0 fully saturated rings. The molecule has 0 saturated carbocycles. The van der Waals surface area contributed by atoms with E-state index in [2.05, 4.69) is 20.5 Å². The Morgan fingerprint density at radius 1 is 1.17 bits per heavy atom. The summed E-state index contributed by atoms with van der Waals surface area (Å²) in [6.45, 7) is 2.35. The van der Waals surface area contributed by atoms with Crippen molar-refractivity contribution in [1.82, 2.24) is 24.4 Å². The number of hydrogen-bond donors (Lipinski definition) is 1. The fourth-order valence-electron chi connectivity index (χ4n) is 3.63. The summed E-state index contributed by atoms with van der Waals surface area (Å²) in [7, 11) is 0. The second kappa shape index (κ2) is 9.40. The summed E-state index contributed by atoms with van der Waals surface area (Å²) in [5, 5.41) is 11.3. The lowest BCUT2D eigenvalue weighted by atomic mass is 10.2. The highest BCUT2D eigenvalue weighted by Gasteiger charge is 2.36. The first-order chi connectivity index (χ1) is 17.2. The van der Waals surface area contributed by atoms with Crippen LogP contribution in [0.4, 0.5) is 18.9 Å². The molecule has 4 aromatic heterocycles. The van der Waals surface area contributed by atoms with Gasteiger partial charge in [0.2, 0.25) is 0 Å². The van der Waals surface area contributed by atoms with Crippen LogP contribution in [0.2, 0.25) is 5.02 Å². The van der Waals surface area contributed by atoms with Gasteiger partial charge in [-0.25, -0.2) is 9.50 Å². The van der Waals surface area contributed by atoms with E-state index >= 15 is 0 Å². The maximum atomic E-state index is 13.8. The molecule has 1 aromatic carbocycles. The number of carbonyl (C=O) groups is 1. The average Bonchev–Trinajstić information content (AvgIpc) is 3.58. The third-order valence-corrected chi connectivity index (χ3v) is 7.01. The molecule has 5 rings (SSSR count). The van der Waals surface area contributed by atoms with Gasteiger partial charge in [0.25, 0.3) is 5.91 Å². The molecule has 7 nitrogen and oxygen atoms in total. The number of nitrogens with one attached hydrogen (secondary N) is 1. The van der Waals surface area contributed by atoms with Crippen LogP contribution in [0.1, 0.15) is 33.5 Å². The van der Waals surface area contributed by atoms with Gasteiger partial charge in [-0.2, -0.15) is 23.4 Å². The lowest BCUT2D eigenvalue weighted by Crippen LogP contribution is -2.15. The summed E-state index contributed by atoms with van der Waals surface area (Å²) < 4.78 is 43.8. The Kier molecular flexibility index (Phi) is 6.27. The minimum atomic E-state index is -4.69. The second-order valence-electron chi connectivity index (χ2n) is 7.92. The van der Waals surface area contributed by atoms with E-state index in [1.54, 1.807) is 23.0 Å². The Morgan fingerprint density at radius 2 is 1.97 bits per heavy atom. The van der Waals surface area contributed by atoms with Crippen LogP contribution in [-0.4, -0.2) is 30.3 Å². The highest BCUT2D eigenvalue weighted by atomic mass is 35.5. The zero-order chi connectivity index (χ0) is 25.4. The van der Waals surface area contributed by atoms with Crippen LogP contribution < -0.4 is 5.32 Å². The summed E-state index contributed by atoms with van der Waals surface area (Å²) in [5.41, 5.74) is 0.0846. The SMILES string of the molecule is CCc1ccc(-c2cc(C(F)(F)F)n3nc(C(=O)Nc4cnn(Cc5ccccc5Cl)c4)cc3n2)s1. The Morgan fingerprint density at radius 3 is 2.69 bits per heavy atom. The predicted molar refractivity (Wildman–Crippen MR) is 131 cm³/mol. The van der Waals surface area contributed by atoms with Crippen molar-refractivity contribution >= 4 is 40.2 Å². The van der Waals surface area contributed by atoms with Crippen LogP contribution in [0.15, 0.2) is 60.9 Å². The van der Waals surface area contributed by atoms with Gasteiger partial charge in [0.05, 0.1) is 29.0 Å². The smallest absolute Gasteiger partial charge is 0.318 e. The Bertz CT molecular complexity index is 1570. The van der Waals surface area contributed by atoms with E-state index in [1.165, 1.54) is 23.6 Å². The molecule has 36 heavy (non-hydrogen) atoms. The number of fused-ring (bicyclic) bond motifs is 1. The zero-order valence-electron chi connectivity index (χ0n) is 18.8. The van der Waals surface area contributed by atoms with Crippen molar-refractivity contribution in [3.8, 4) is 10.6 Å². The molecular formula is C24H18ClF3N6OS. The molecule has 184 valence electrons. The largest absolute Gasteiger partial charge is 0.433 e. The van der Waals surface area contributed by atoms with Gasteiger partial charge < -0.3 is 5.32 Å². The van der Waals surface area contributed by atoms with E-state index in [1.807, 2.05) is 31.2 Å². The number of nitrogens with zero attached hydrogens (tertiary/aromatic N) is 5. The minimum Gasteiger partial charge on any atom is -0.318 e. The average molecular weight is 531 g/mol. The molecular weight excluding hydrogens is 513 g/mol. The van der Waals surface area contributed by atoms with Gasteiger partial charge in [0.1, 0.15) is 0 Å². The molecule has 0 aliphatic carbocycles. The monoisotopic (exact) mass is 530 g/mol. The van der Waals surface area contributed by atoms with E-state index in [4.69, 9.17) is 11.6 Å². The molecule has 0 bridgehead atoms. The fourth-order valence-corrected chi connectivity index (χ4v) is 4.73. The Labute approximate surface area is 212 Å². The molecule has 4 heterocycles. The summed E-state index contributed by atoms with van der Waals surface area (Å²) in [5.74, 6) is -0.683. The Balaban J connectivity index is 1.42. The van der Waals surface area contributed by atoms with Gasteiger partial charge in [0.15, 0.2) is 17.0 Å². The first-order valence-corrected chi connectivity index (χ1v) is 12.0. The van der Waals surface area contributed by atoms with E-state index in [-0.39, 0.29) is 17.0 Å². The number of carbonyl (C=O) groups excluding carboxylic acids is 1. The maximum absolute atomic E-state index is 13.8. The van der Waals surface area contributed by atoms with E-state index < -0.39 is 17.8 Å². The summed E-state index contributed by atoms with van der Waals surface area (Å²) >= 11 is 7.56. The first-order valence-electron chi connectivity index (χ1n) is 10.9. The highest BCUT2D eigenvalue weighted by Crippen LogP contribution is 2.34. The molecule has 0 radical (unpaired) electrons. The van der Waals surface area contributed by atoms with Crippen LogP contribution in [0.5, 0.6) is 0 Å². The van der Waals surface area contributed by atoms with Crippen LogP contribution in [-0.2, 0) is 19.1 Å². The normalized spacial score (nSPS) is 11.8. The number of rotatable bonds is 6. The topological polar surface area (TPSA) is 77.1 Å². The van der Waals surface area contributed by atoms with Crippen molar-refractivity contribution < 1.29 is 18.0 Å². The zero-order valence-corrected chi connectivity index (χ0v) is 20.3.